The molecule has 10 aromatic rings. The fourth-order valence-electron chi connectivity index (χ4n) is 18.3. The first-order chi connectivity index (χ1) is 59.3. The molecule has 4 aliphatic carbocycles. The monoisotopic (exact) mass is 1920 g/mol. The van der Waals surface area contributed by atoms with Crippen molar-refractivity contribution in [1.82, 2.24) is 15.6 Å². The second kappa shape index (κ2) is 38.5. The van der Waals surface area contributed by atoms with Crippen LogP contribution >= 0.6 is 60.2 Å². The topological polar surface area (TPSA) is 277 Å². The van der Waals surface area contributed by atoms with Gasteiger partial charge in [0, 0.05) is 71.5 Å². The van der Waals surface area contributed by atoms with Gasteiger partial charge in [-0.15, -0.1) is 12.4 Å². The number of aliphatic imine (C=N–C) groups is 3. The number of nitrogens with two attached hydrogens (primary N) is 2. The molecule has 30 heteroatoms. The molecule has 6 heterocycles. The van der Waals surface area contributed by atoms with E-state index in [-0.39, 0.29) is 29.6 Å². The van der Waals surface area contributed by atoms with E-state index >= 15 is 0 Å². The third-order valence-electron chi connectivity index (χ3n) is 23.4. The van der Waals surface area contributed by atoms with E-state index in [1.807, 2.05) is 91.1 Å². The molecular formula is C95H95BBr3ClF4N10O10Si. The first-order valence-electron chi connectivity index (χ1n) is 40.9. The SMILES string of the molecule is C=C=N[Si](C)(C)C.CN1OC2(CC3(CCCc4ccccc43)Oc3ccc(-c4cc(F)cc(F)c4)cc32)N=C1N.CN1OC2(CC3(CCCc4ccccc43)Oc3ccc(Br)cc32)N=C1N.CNO.Cl.N#CN=C1CC2(CCCc3ccccc32)Oc2ccc(Br)cc21.O=C1CC2(CCCc3ccccc32)Oc2ccc(Br)cc21.OB(O)c1cc(F)cc(F)c1. The zero-order valence-corrected chi connectivity index (χ0v) is 76.3. The number of hydrogen-bond acceptors (Lipinski definition) is 20. The summed E-state index contributed by atoms with van der Waals surface area (Å²) in [5.74, 6) is 3.42. The number of aryl methyl sites for hydroxylation is 4. The van der Waals surface area contributed by atoms with Crippen molar-refractivity contribution in [2.24, 2.45) is 31.1 Å². The van der Waals surface area contributed by atoms with Crippen molar-refractivity contribution < 1.29 is 66.2 Å². The molecule has 0 saturated carbocycles. The molecule has 20 nitrogen and oxygen atoms in total. The molecule has 0 radical (unpaired) electrons. The van der Waals surface area contributed by atoms with Gasteiger partial charge in [0.05, 0.1) is 28.8 Å². The molecule has 648 valence electrons. The Kier molecular flexibility index (Phi) is 28.5. The lowest BCUT2D eigenvalue weighted by Crippen LogP contribution is -2.48. The highest BCUT2D eigenvalue weighted by molar-refractivity contribution is 9.11. The van der Waals surface area contributed by atoms with Crippen molar-refractivity contribution in [3.8, 4) is 40.3 Å². The highest BCUT2D eigenvalue weighted by Gasteiger charge is 2.59. The number of ether oxygens (including phenoxy) is 4. The number of fused-ring (bicyclic) bond motifs is 14. The number of ketones is 1. The number of nitriles is 1. The van der Waals surface area contributed by atoms with Crippen LogP contribution in [-0.2, 0) is 69.2 Å². The number of benzene rings is 10. The molecule has 125 heavy (non-hydrogen) atoms. The number of carbonyl (C=O) groups excluding carboxylic acids is 1. The molecule has 6 aliphatic heterocycles. The third-order valence-corrected chi connectivity index (χ3v) is 25.7. The average Bonchev–Trinajstić information content (AvgIpc) is 1.66. The Bertz CT molecular complexity index is 5890. The van der Waals surface area contributed by atoms with E-state index in [1.54, 1.807) is 30.7 Å². The zero-order chi connectivity index (χ0) is 88.1. The van der Waals surface area contributed by atoms with Crippen LogP contribution in [0.5, 0.6) is 23.0 Å². The van der Waals surface area contributed by atoms with Crippen LogP contribution in [0.25, 0.3) is 11.1 Å². The largest absolute Gasteiger partial charge is 0.488 e. The number of hydrogen-bond donors (Lipinski definition) is 6. The normalized spacial score (nSPS) is 22.7. The summed E-state index contributed by atoms with van der Waals surface area (Å²) in [4.78, 5) is 38.8. The molecular weight excluding hydrogens is 1830 g/mol. The van der Waals surface area contributed by atoms with Gasteiger partial charge in [-0.1, -0.05) is 151 Å². The van der Waals surface area contributed by atoms with Crippen LogP contribution < -0.4 is 41.4 Å². The molecule has 0 bridgehead atoms. The van der Waals surface area contributed by atoms with E-state index in [4.69, 9.17) is 70.6 Å². The number of Topliss-reactive ketones (excluding diaryl/α,β-unsaturated/α-hetero) is 1. The number of halogens is 8. The summed E-state index contributed by atoms with van der Waals surface area (Å²) < 4.78 is 85.6. The van der Waals surface area contributed by atoms with Crippen molar-refractivity contribution >= 4 is 110 Å². The fourth-order valence-corrected chi connectivity index (χ4v) is 19.8. The summed E-state index contributed by atoms with van der Waals surface area (Å²) in [5.41, 5.74) is 25.1. The Morgan fingerprint density at radius 3 is 1.29 bits per heavy atom. The maximum absolute atomic E-state index is 13.9. The van der Waals surface area contributed by atoms with E-state index in [0.29, 0.717) is 71.5 Å². The van der Waals surface area contributed by atoms with Crippen molar-refractivity contribution in [2.45, 2.75) is 156 Å². The van der Waals surface area contributed by atoms with E-state index in [0.717, 1.165) is 143 Å². The van der Waals surface area contributed by atoms with Crippen LogP contribution in [0.3, 0.4) is 0 Å². The van der Waals surface area contributed by atoms with Crippen molar-refractivity contribution in [3.05, 3.63) is 316 Å². The summed E-state index contributed by atoms with van der Waals surface area (Å²) in [6.07, 6.45) is 16.1. The van der Waals surface area contributed by atoms with Crippen molar-refractivity contribution in [1.29, 1.82) is 5.26 Å². The lowest BCUT2D eigenvalue weighted by atomic mass is 9.72. The summed E-state index contributed by atoms with van der Waals surface area (Å²) in [6.45, 7) is 9.82. The summed E-state index contributed by atoms with van der Waals surface area (Å²) in [6, 6.07) is 62.6. The lowest BCUT2D eigenvalue weighted by Gasteiger charge is -2.47. The van der Waals surface area contributed by atoms with Gasteiger partial charge in [0.15, 0.2) is 14.0 Å². The van der Waals surface area contributed by atoms with E-state index in [9.17, 15) is 22.4 Å². The van der Waals surface area contributed by atoms with E-state index in [1.165, 1.54) is 63.2 Å². The molecule has 0 aromatic heterocycles. The van der Waals surface area contributed by atoms with Gasteiger partial charge in [0.25, 0.3) is 0 Å². The molecule has 6 spiro atoms. The molecule has 8 N–H and O–H groups in total. The van der Waals surface area contributed by atoms with Gasteiger partial charge in [0.1, 0.15) is 68.7 Å². The summed E-state index contributed by atoms with van der Waals surface area (Å²) in [5, 5.41) is 36.4. The van der Waals surface area contributed by atoms with Crippen LogP contribution in [0, 0.1) is 34.7 Å². The highest BCUT2D eigenvalue weighted by Crippen LogP contribution is 2.59. The maximum Gasteiger partial charge on any atom is 0.488 e. The smallest absolute Gasteiger partial charge is 0.482 e. The Morgan fingerprint density at radius 2 is 0.880 bits per heavy atom. The number of nitrogens with one attached hydrogen (secondary N) is 1. The molecule has 0 fully saturated rings. The van der Waals surface area contributed by atoms with Crippen LogP contribution in [0.4, 0.5) is 17.6 Å². The summed E-state index contributed by atoms with van der Waals surface area (Å²) in [7, 11) is 1.90. The van der Waals surface area contributed by atoms with Gasteiger partial charge >= 0.3 is 7.12 Å². The predicted octanol–water partition coefficient (Wildman–Crippen LogP) is 19.5. The number of hydroxylamine groups is 5. The summed E-state index contributed by atoms with van der Waals surface area (Å²) >= 11 is 10.5. The lowest BCUT2D eigenvalue weighted by molar-refractivity contribution is -0.208. The molecule has 10 aliphatic rings. The van der Waals surface area contributed by atoms with Gasteiger partial charge < -0.3 is 45.7 Å². The van der Waals surface area contributed by atoms with Crippen LogP contribution in [-0.4, -0.2) is 91.2 Å². The maximum atomic E-state index is 13.9. The standard InChI is InChI=1S/C26H23F2N3O2.C20H20BrN3O2.C19H15BrN2O.C18H15BrO2.C6H5BF2O2.C5H11NSi.CH5NO.ClH/c1-31-24(29)30-26(33-31)15-25(10-4-6-16-5-2-3-7-21(16)25)32-23-9-8-17(13-22(23)26)18-11-19(27)14-20(28)12-18;1-24-18(22)23-20(26-24)12-19(25-17-9-8-14(21)11-16(17)20)10-4-6-13-5-2-3-7-15(13)19;20-14-7-8-18-15(10-14)17(22-12-21)11-19(23-18)9-3-5-13-4-1-2-6-16(13)19;19-13-7-8-17-14(10-13)16(20)11-18(21-17)9-3-5-12-4-1-2-6-15(12)18;8-5-1-4(7(10)11)2-6(9)3-5;1-5-6-7(2,3)4;1-2-3;/h2-3,5,7-9,11-14H,4,6,10,15H2,1H3,(H2,29,30);2-3,5,7-9,11H,4,6,10,12H2,1H3,(H2,22,23);1-2,4,6-8,10H,3,5,9,11H2;1-2,4,6-8,10H,3,5,9,11H2;1-3,10-11H;1H2,2-4H3;2-3H,1H3;1H. The van der Waals surface area contributed by atoms with Gasteiger partial charge in [-0.25, -0.2) is 52.8 Å². The number of rotatable bonds is 3. The minimum atomic E-state index is -1.83. The van der Waals surface area contributed by atoms with Crippen molar-refractivity contribution in [2.75, 3.05) is 21.1 Å². The Hall–Kier alpha value is -10.3. The Morgan fingerprint density at radius 1 is 0.512 bits per heavy atom. The predicted molar refractivity (Wildman–Crippen MR) is 491 cm³/mol. The number of carbonyl (C=O) groups is 1. The molecule has 6 unspecified atom stereocenters. The third kappa shape index (κ3) is 19.9. The number of guanidine groups is 2. The second-order valence-electron chi connectivity index (χ2n) is 32.9. The van der Waals surface area contributed by atoms with Gasteiger partial charge in [-0.3, -0.25) is 9.45 Å². The molecule has 6 atom stereocenters. The van der Waals surface area contributed by atoms with Gasteiger partial charge in [-0.2, -0.15) is 10.3 Å². The molecule has 0 saturated heterocycles. The van der Waals surface area contributed by atoms with E-state index in [2.05, 4.69) is 168 Å². The zero-order valence-electron chi connectivity index (χ0n) is 69.8. The van der Waals surface area contributed by atoms with Gasteiger partial charge in [-0.05, 0) is 261 Å². The molecule has 10 aromatic carbocycles. The first kappa shape index (κ1) is 92.4. The first-order valence-corrected chi connectivity index (χ1v) is 46.7. The van der Waals surface area contributed by atoms with E-state index < -0.39 is 72.5 Å². The fraction of sp³-hybridized carbons (Fsp3) is 0.295. The molecule has 20 rings (SSSR count). The Balaban J connectivity index is 0.000000134. The highest BCUT2D eigenvalue weighted by atomic mass is 79.9. The minimum Gasteiger partial charge on any atom is -0.482 e. The second-order valence-corrected chi connectivity index (χ2v) is 40.2. The Labute approximate surface area is 757 Å². The van der Waals surface area contributed by atoms with Crippen LogP contribution in [0.15, 0.2) is 246 Å². The van der Waals surface area contributed by atoms with Gasteiger partial charge in [0.2, 0.25) is 29.6 Å². The number of nitrogens with zero attached hydrogens (tertiary/aromatic N) is 7. The van der Waals surface area contributed by atoms with Crippen LogP contribution in [0.1, 0.15) is 149 Å². The average molecular weight is 1930 g/mol. The molecule has 0 amide bonds. The minimum absolute atomic E-state index is 0. The quantitative estimate of drug-likeness (QED) is 0.0315. The van der Waals surface area contributed by atoms with Crippen LogP contribution in [0.2, 0.25) is 19.6 Å². The van der Waals surface area contributed by atoms with Crippen molar-refractivity contribution in [3.63, 3.8) is 0 Å².